The van der Waals surface area contributed by atoms with Crippen molar-refractivity contribution in [1.82, 2.24) is 5.32 Å². The van der Waals surface area contributed by atoms with Gasteiger partial charge in [-0.1, -0.05) is 39.8 Å². The minimum atomic E-state index is 0.0915. The van der Waals surface area contributed by atoms with E-state index in [0.717, 1.165) is 24.6 Å². The molecule has 1 aromatic carbocycles. The molecule has 0 spiro atoms. The quantitative estimate of drug-likeness (QED) is 0.747. The third-order valence-electron chi connectivity index (χ3n) is 2.92. The Hall–Kier alpha value is -1.22. The van der Waals surface area contributed by atoms with E-state index in [1.54, 1.807) is 0 Å². The van der Waals surface area contributed by atoms with Gasteiger partial charge < -0.3 is 14.8 Å². The summed E-state index contributed by atoms with van der Waals surface area (Å²) in [6.45, 7) is 14.1. The molecule has 1 aromatic rings. The summed E-state index contributed by atoms with van der Waals surface area (Å²) in [5.74, 6) is 2.32. The maximum absolute atomic E-state index is 5.95. The van der Waals surface area contributed by atoms with E-state index in [2.05, 4.69) is 33.0 Å². The highest BCUT2D eigenvalue weighted by Crippen LogP contribution is 2.28. The van der Waals surface area contributed by atoms with Crippen molar-refractivity contribution in [2.75, 3.05) is 26.3 Å². The van der Waals surface area contributed by atoms with Crippen LogP contribution in [0.4, 0.5) is 0 Å². The predicted octanol–water partition coefficient (Wildman–Crippen LogP) is 3.74. The lowest BCUT2D eigenvalue weighted by atomic mass is 9.94. The molecule has 0 aliphatic carbocycles. The smallest absolute Gasteiger partial charge is 0.161 e. The first-order chi connectivity index (χ1) is 9.44. The van der Waals surface area contributed by atoms with Gasteiger partial charge in [0.15, 0.2) is 11.5 Å². The van der Waals surface area contributed by atoms with E-state index < -0.39 is 0 Å². The Labute approximate surface area is 123 Å². The van der Waals surface area contributed by atoms with Gasteiger partial charge in [-0.25, -0.2) is 0 Å². The van der Waals surface area contributed by atoms with Gasteiger partial charge in [0.2, 0.25) is 0 Å². The summed E-state index contributed by atoms with van der Waals surface area (Å²) in [5, 5.41) is 3.49. The van der Waals surface area contributed by atoms with E-state index in [0.29, 0.717) is 19.1 Å². The molecule has 0 radical (unpaired) electrons. The van der Waals surface area contributed by atoms with Crippen LogP contribution >= 0.6 is 0 Å². The number of ether oxygens (including phenoxy) is 2. The fraction of sp³-hybridized carbons (Fsp3) is 0.647. The summed E-state index contributed by atoms with van der Waals surface area (Å²) < 4.78 is 11.5. The molecule has 114 valence electrons. The molecule has 0 bridgehead atoms. The van der Waals surface area contributed by atoms with Gasteiger partial charge in [0, 0.05) is 12.0 Å². The Morgan fingerprint density at radius 3 is 2.25 bits per heavy atom. The first kappa shape index (κ1) is 16.8. The van der Waals surface area contributed by atoms with Crippen molar-refractivity contribution in [3.63, 3.8) is 0 Å². The normalized spacial score (nSPS) is 11.7. The van der Waals surface area contributed by atoms with Gasteiger partial charge >= 0.3 is 0 Å². The molecule has 0 atom stereocenters. The van der Waals surface area contributed by atoms with Crippen LogP contribution < -0.4 is 14.8 Å². The van der Waals surface area contributed by atoms with Gasteiger partial charge in [0.05, 0.1) is 13.2 Å². The first-order valence-electron chi connectivity index (χ1n) is 7.50. The second-order valence-corrected chi connectivity index (χ2v) is 6.36. The third-order valence-corrected chi connectivity index (χ3v) is 2.92. The molecule has 0 saturated heterocycles. The van der Waals surface area contributed by atoms with Gasteiger partial charge in [0.25, 0.3) is 0 Å². The number of hydrogen-bond donors (Lipinski definition) is 1. The topological polar surface area (TPSA) is 30.5 Å². The molecule has 0 aliphatic rings. The van der Waals surface area contributed by atoms with E-state index in [1.165, 1.54) is 0 Å². The lowest BCUT2D eigenvalue weighted by Gasteiger charge is -2.26. The van der Waals surface area contributed by atoms with Gasteiger partial charge in [-0.15, -0.1) is 0 Å². The Bertz CT molecular complexity index is 388. The van der Waals surface area contributed by atoms with Gasteiger partial charge in [-0.05, 0) is 31.5 Å². The maximum Gasteiger partial charge on any atom is 0.161 e. The molecule has 0 aromatic heterocycles. The summed E-state index contributed by atoms with van der Waals surface area (Å²) in [6.07, 6.45) is 0. The second kappa shape index (κ2) is 8.15. The Kier molecular flexibility index (Phi) is 6.86. The average molecular weight is 279 g/mol. The molecular weight excluding hydrogens is 250 g/mol. The van der Waals surface area contributed by atoms with Crippen LogP contribution in [0.15, 0.2) is 24.3 Å². The molecule has 0 aliphatic heterocycles. The van der Waals surface area contributed by atoms with Gasteiger partial charge in [-0.2, -0.15) is 0 Å². The third kappa shape index (κ3) is 6.29. The van der Waals surface area contributed by atoms with E-state index in [9.17, 15) is 0 Å². The zero-order valence-corrected chi connectivity index (χ0v) is 13.5. The Morgan fingerprint density at radius 2 is 1.70 bits per heavy atom. The van der Waals surface area contributed by atoms with E-state index in [1.807, 2.05) is 31.2 Å². The van der Waals surface area contributed by atoms with Crippen LogP contribution in [0.1, 0.15) is 34.6 Å². The molecule has 3 heteroatoms. The Balaban J connectivity index is 2.48. The van der Waals surface area contributed by atoms with E-state index in [-0.39, 0.29) is 5.41 Å². The second-order valence-electron chi connectivity index (χ2n) is 6.36. The predicted molar refractivity (Wildman–Crippen MR) is 84.6 cm³/mol. The van der Waals surface area contributed by atoms with E-state index in [4.69, 9.17) is 9.47 Å². The van der Waals surface area contributed by atoms with Crippen molar-refractivity contribution < 1.29 is 9.47 Å². The lowest BCUT2D eigenvalue weighted by Crippen LogP contribution is -2.35. The van der Waals surface area contributed by atoms with Crippen LogP contribution in [-0.2, 0) is 0 Å². The highest BCUT2D eigenvalue weighted by Gasteiger charge is 2.19. The summed E-state index contributed by atoms with van der Waals surface area (Å²) in [7, 11) is 0. The zero-order valence-electron chi connectivity index (χ0n) is 13.5. The van der Waals surface area contributed by atoms with Crippen molar-refractivity contribution >= 4 is 0 Å². The molecular formula is C17H29NO2. The molecule has 3 nitrogen and oxygen atoms in total. The summed E-state index contributed by atoms with van der Waals surface area (Å²) >= 11 is 0. The number of hydrogen-bond acceptors (Lipinski definition) is 3. The summed E-state index contributed by atoms with van der Waals surface area (Å²) in [5.41, 5.74) is 0.0915. The van der Waals surface area contributed by atoms with Crippen LogP contribution in [0.25, 0.3) is 0 Å². The van der Waals surface area contributed by atoms with E-state index >= 15 is 0 Å². The number of benzene rings is 1. The highest BCUT2D eigenvalue weighted by atomic mass is 16.5. The average Bonchev–Trinajstić information content (AvgIpc) is 2.37. The highest BCUT2D eigenvalue weighted by molar-refractivity contribution is 5.39. The van der Waals surface area contributed by atoms with Crippen LogP contribution in [0.3, 0.4) is 0 Å². The zero-order chi connectivity index (χ0) is 15.0. The standard InChI is InChI=1S/C17H29NO2/c1-6-19-15-9-7-8-10-16(15)20-13-17(4,5)12-18-11-14(2)3/h7-10,14,18H,6,11-13H2,1-5H3. The minimum Gasteiger partial charge on any atom is -0.490 e. The van der Waals surface area contributed by atoms with Gasteiger partial charge in [-0.3, -0.25) is 0 Å². The molecule has 0 unspecified atom stereocenters. The molecule has 1 rings (SSSR count). The molecule has 0 saturated carbocycles. The largest absolute Gasteiger partial charge is 0.490 e. The molecule has 0 fully saturated rings. The molecule has 20 heavy (non-hydrogen) atoms. The minimum absolute atomic E-state index is 0.0915. The van der Waals surface area contributed by atoms with Gasteiger partial charge in [0.1, 0.15) is 0 Å². The lowest BCUT2D eigenvalue weighted by molar-refractivity contribution is 0.168. The SMILES string of the molecule is CCOc1ccccc1OCC(C)(C)CNCC(C)C. The maximum atomic E-state index is 5.95. The summed E-state index contributed by atoms with van der Waals surface area (Å²) in [4.78, 5) is 0. The van der Waals surface area contributed by atoms with Crippen LogP contribution in [0.5, 0.6) is 11.5 Å². The van der Waals surface area contributed by atoms with Crippen molar-refractivity contribution in [2.24, 2.45) is 11.3 Å². The summed E-state index contributed by atoms with van der Waals surface area (Å²) in [6, 6.07) is 7.85. The van der Waals surface area contributed by atoms with Crippen molar-refractivity contribution in [3.8, 4) is 11.5 Å². The van der Waals surface area contributed by atoms with Crippen molar-refractivity contribution in [3.05, 3.63) is 24.3 Å². The fourth-order valence-electron chi connectivity index (χ4n) is 1.87. The Morgan fingerprint density at radius 1 is 1.10 bits per heavy atom. The molecule has 0 amide bonds. The number of nitrogens with one attached hydrogen (secondary N) is 1. The fourth-order valence-corrected chi connectivity index (χ4v) is 1.87. The van der Waals surface area contributed by atoms with Crippen molar-refractivity contribution in [1.29, 1.82) is 0 Å². The number of para-hydroxylation sites is 2. The molecule has 0 heterocycles. The van der Waals surface area contributed by atoms with Crippen LogP contribution in [0, 0.1) is 11.3 Å². The van der Waals surface area contributed by atoms with Crippen LogP contribution in [-0.4, -0.2) is 26.3 Å². The van der Waals surface area contributed by atoms with Crippen molar-refractivity contribution in [2.45, 2.75) is 34.6 Å². The monoisotopic (exact) mass is 279 g/mol. The molecule has 1 N–H and O–H groups in total. The van der Waals surface area contributed by atoms with Crippen LogP contribution in [0.2, 0.25) is 0 Å². The number of rotatable bonds is 9. The first-order valence-corrected chi connectivity index (χ1v) is 7.50.